The monoisotopic (exact) mass is 327 g/mol. The standard InChI is InChI=1S/C17H13NO6/c1-2-11-23-15-9-5-13(6-10-15)16(24-17(19)20)12-3-7-14(8-4-12)18(21)22/h1,3-10,16H,11H2,(H,19,20). The van der Waals surface area contributed by atoms with E-state index in [1.807, 2.05) is 0 Å². The molecule has 7 nitrogen and oxygen atoms in total. The van der Waals surface area contributed by atoms with Crippen LogP contribution in [0.5, 0.6) is 5.75 Å². The maximum Gasteiger partial charge on any atom is 0.506 e. The van der Waals surface area contributed by atoms with Crippen molar-refractivity contribution in [2.45, 2.75) is 6.10 Å². The zero-order chi connectivity index (χ0) is 17.5. The average Bonchev–Trinajstić information content (AvgIpc) is 2.58. The molecule has 0 spiro atoms. The molecule has 0 bridgehead atoms. The molecule has 122 valence electrons. The topological polar surface area (TPSA) is 98.9 Å². The minimum atomic E-state index is -1.45. The molecule has 24 heavy (non-hydrogen) atoms. The number of carboxylic acid groups (broad SMARTS) is 1. The number of nitro benzene ring substituents is 1. The smallest absolute Gasteiger partial charge is 0.481 e. The summed E-state index contributed by atoms with van der Waals surface area (Å²) in [6.45, 7) is 0.122. The maximum atomic E-state index is 11.0. The Bertz CT molecular complexity index is 761. The van der Waals surface area contributed by atoms with Gasteiger partial charge in [0, 0.05) is 12.1 Å². The molecule has 2 rings (SSSR count). The summed E-state index contributed by atoms with van der Waals surface area (Å²) >= 11 is 0. The Morgan fingerprint density at radius 1 is 1.17 bits per heavy atom. The van der Waals surface area contributed by atoms with Crippen LogP contribution in [0.15, 0.2) is 48.5 Å². The number of nitrogens with zero attached hydrogens (tertiary/aromatic N) is 1. The van der Waals surface area contributed by atoms with Crippen molar-refractivity contribution in [1.29, 1.82) is 0 Å². The lowest BCUT2D eigenvalue weighted by Crippen LogP contribution is -2.11. The van der Waals surface area contributed by atoms with E-state index >= 15 is 0 Å². The number of benzene rings is 2. The molecule has 7 heteroatoms. The van der Waals surface area contributed by atoms with Crippen molar-refractivity contribution in [2.24, 2.45) is 0 Å². The summed E-state index contributed by atoms with van der Waals surface area (Å²) < 4.78 is 10.2. The van der Waals surface area contributed by atoms with Gasteiger partial charge >= 0.3 is 6.16 Å². The van der Waals surface area contributed by atoms with Gasteiger partial charge in [0.15, 0.2) is 6.10 Å². The molecular formula is C17H13NO6. The van der Waals surface area contributed by atoms with E-state index in [9.17, 15) is 14.9 Å². The molecular weight excluding hydrogens is 314 g/mol. The van der Waals surface area contributed by atoms with Crippen LogP contribution in [0, 0.1) is 22.5 Å². The second-order valence-electron chi connectivity index (χ2n) is 4.67. The first-order chi connectivity index (χ1) is 11.5. The molecule has 1 unspecified atom stereocenters. The highest BCUT2D eigenvalue weighted by Crippen LogP contribution is 2.29. The number of non-ortho nitro benzene ring substituents is 1. The summed E-state index contributed by atoms with van der Waals surface area (Å²) in [5, 5.41) is 19.6. The van der Waals surface area contributed by atoms with Gasteiger partial charge < -0.3 is 14.6 Å². The van der Waals surface area contributed by atoms with E-state index in [-0.39, 0.29) is 12.3 Å². The van der Waals surface area contributed by atoms with Crippen molar-refractivity contribution in [3.8, 4) is 18.1 Å². The van der Waals surface area contributed by atoms with E-state index < -0.39 is 17.2 Å². The van der Waals surface area contributed by atoms with E-state index in [0.29, 0.717) is 16.9 Å². The van der Waals surface area contributed by atoms with Crippen molar-refractivity contribution >= 4 is 11.8 Å². The lowest BCUT2D eigenvalue weighted by molar-refractivity contribution is -0.384. The van der Waals surface area contributed by atoms with Crippen LogP contribution >= 0.6 is 0 Å². The van der Waals surface area contributed by atoms with E-state index in [1.54, 1.807) is 24.3 Å². The SMILES string of the molecule is C#CCOc1ccc(C(OC(=O)O)c2ccc([N+](=O)[O-])cc2)cc1. The molecule has 0 amide bonds. The molecule has 1 N–H and O–H groups in total. The van der Waals surface area contributed by atoms with Gasteiger partial charge in [-0.05, 0) is 35.4 Å². The average molecular weight is 327 g/mol. The van der Waals surface area contributed by atoms with Crippen molar-refractivity contribution in [3.05, 3.63) is 69.8 Å². The van der Waals surface area contributed by atoms with E-state index in [2.05, 4.69) is 5.92 Å². The maximum absolute atomic E-state index is 11.0. The van der Waals surface area contributed by atoms with Crippen molar-refractivity contribution < 1.29 is 24.3 Å². The van der Waals surface area contributed by atoms with Gasteiger partial charge in [0.05, 0.1) is 4.92 Å². The molecule has 0 radical (unpaired) electrons. The van der Waals surface area contributed by atoms with E-state index in [0.717, 1.165) is 0 Å². The summed E-state index contributed by atoms with van der Waals surface area (Å²) in [5.41, 5.74) is 0.936. The van der Waals surface area contributed by atoms with Gasteiger partial charge in [0.1, 0.15) is 12.4 Å². The Hall–Kier alpha value is -3.53. The number of carbonyl (C=O) groups is 1. The van der Waals surface area contributed by atoms with Crippen LogP contribution in [-0.2, 0) is 4.74 Å². The van der Waals surface area contributed by atoms with Crippen molar-refractivity contribution in [3.63, 3.8) is 0 Å². The lowest BCUT2D eigenvalue weighted by Gasteiger charge is -2.17. The Morgan fingerprint density at radius 2 is 1.71 bits per heavy atom. The van der Waals surface area contributed by atoms with Crippen molar-refractivity contribution in [1.82, 2.24) is 0 Å². The summed E-state index contributed by atoms with van der Waals surface area (Å²) in [4.78, 5) is 21.1. The number of terminal acetylenes is 1. The third-order valence-electron chi connectivity index (χ3n) is 3.13. The fourth-order valence-electron chi connectivity index (χ4n) is 2.06. The Kier molecular flexibility index (Phi) is 5.36. The van der Waals surface area contributed by atoms with Crippen LogP contribution in [0.4, 0.5) is 10.5 Å². The largest absolute Gasteiger partial charge is 0.506 e. The van der Waals surface area contributed by atoms with Gasteiger partial charge in [-0.2, -0.15) is 0 Å². The van der Waals surface area contributed by atoms with E-state index in [4.69, 9.17) is 21.0 Å². The molecule has 0 fully saturated rings. The van der Waals surface area contributed by atoms with Gasteiger partial charge in [0.2, 0.25) is 0 Å². The minimum Gasteiger partial charge on any atom is -0.481 e. The second-order valence-corrected chi connectivity index (χ2v) is 4.67. The molecule has 0 saturated heterocycles. The molecule has 1 atom stereocenters. The first-order valence-electron chi connectivity index (χ1n) is 6.81. The van der Waals surface area contributed by atoms with Crippen LogP contribution in [0.25, 0.3) is 0 Å². The summed E-state index contributed by atoms with van der Waals surface area (Å²) in [5.74, 6) is 2.88. The zero-order valence-corrected chi connectivity index (χ0v) is 12.4. The Morgan fingerprint density at radius 3 is 2.17 bits per heavy atom. The fourth-order valence-corrected chi connectivity index (χ4v) is 2.06. The highest BCUT2D eigenvalue weighted by atomic mass is 16.7. The van der Waals surface area contributed by atoms with E-state index in [1.165, 1.54) is 24.3 Å². The molecule has 2 aromatic rings. The van der Waals surface area contributed by atoms with Gasteiger partial charge in [0.25, 0.3) is 5.69 Å². The summed E-state index contributed by atoms with van der Waals surface area (Å²) in [7, 11) is 0. The van der Waals surface area contributed by atoms with Crippen LogP contribution in [0.1, 0.15) is 17.2 Å². The van der Waals surface area contributed by atoms with Gasteiger partial charge in [-0.3, -0.25) is 10.1 Å². The Balaban J connectivity index is 2.29. The molecule has 0 aliphatic heterocycles. The number of rotatable bonds is 6. The number of hydrogen-bond donors (Lipinski definition) is 1. The normalized spacial score (nSPS) is 11.1. The van der Waals surface area contributed by atoms with Crippen LogP contribution in [0.3, 0.4) is 0 Å². The quantitative estimate of drug-likeness (QED) is 0.378. The molecule has 0 heterocycles. The van der Waals surface area contributed by atoms with Gasteiger partial charge in [-0.25, -0.2) is 4.79 Å². The van der Waals surface area contributed by atoms with Crippen LogP contribution in [0.2, 0.25) is 0 Å². The number of ether oxygens (including phenoxy) is 2. The molecule has 0 aliphatic carbocycles. The van der Waals surface area contributed by atoms with Gasteiger partial charge in [-0.15, -0.1) is 6.42 Å². The predicted octanol–water partition coefficient (Wildman–Crippen LogP) is 3.39. The summed E-state index contributed by atoms with van der Waals surface area (Å²) in [6.07, 6.45) is 2.75. The Labute approximate surface area is 137 Å². The fraction of sp³-hybridized carbons (Fsp3) is 0.118. The first-order valence-corrected chi connectivity index (χ1v) is 6.81. The highest BCUT2D eigenvalue weighted by Gasteiger charge is 2.20. The lowest BCUT2D eigenvalue weighted by atomic mass is 10.0. The van der Waals surface area contributed by atoms with Crippen LogP contribution in [-0.4, -0.2) is 22.8 Å². The molecule has 0 saturated carbocycles. The van der Waals surface area contributed by atoms with Crippen molar-refractivity contribution in [2.75, 3.05) is 6.61 Å². The highest BCUT2D eigenvalue weighted by molar-refractivity contribution is 5.58. The molecule has 0 aliphatic rings. The zero-order valence-electron chi connectivity index (χ0n) is 12.4. The minimum absolute atomic E-state index is 0.0918. The predicted molar refractivity (Wildman–Crippen MR) is 84.8 cm³/mol. The van der Waals surface area contributed by atoms with Crippen LogP contribution < -0.4 is 4.74 Å². The first kappa shape index (κ1) is 16.8. The second kappa shape index (κ2) is 7.65. The number of nitro groups is 1. The molecule has 2 aromatic carbocycles. The molecule has 0 aromatic heterocycles. The summed E-state index contributed by atoms with van der Waals surface area (Å²) in [6, 6.07) is 12.0. The third kappa shape index (κ3) is 4.24. The van der Waals surface area contributed by atoms with Gasteiger partial charge in [-0.1, -0.05) is 18.1 Å². The number of hydrogen-bond acceptors (Lipinski definition) is 5. The third-order valence-corrected chi connectivity index (χ3v) is 3.13.